The van der Waals surface area contributed by atoms with Crippen LogP contribution in [0.2, 0.25) is 0 Å². The molecule has 0 saturated heterocycles. The normalized spacial score (nSPS) is 16.0. The summed E-state index contributed by atoms with van der Waals surface area (Å²) in [5.41, 5.74) is 10.8. The van der Waals surface area contributed by atoms with Crippen LogP contribution in [0.25, 0.3) is 33.6 Å². The highest BCUT2D eigenvalue weighted by molar-refractivity contribution is 5.89. The average Bonchev–Trinajstić information content (AvgIpc) is 3.40. The predicted molar refractivity (Wildman–Crippen MR) is 184 cm³/mol. The molecule has 0 radical (unpaired) electrons. The Labute approximate surface area is 268 Å². The van der Waals surface area contributed by atoms with Gasteiger partial charge >= 0.3 is 0 Å². The van der Waals surface area contributed by atoms with Crippen LogP contribution < -0.4 is 9.64 Å². The quantitative estimate of drug-likeness (QED) is 0.204. The van der Waals surface area contributed by atoms with E-state index in [1.54, 1.807) is 0 Å². The Balaban J connectivity index is 1.38. The number of hydrogen-bond donors (Lipinski definition) is 0. The van der Waals surface area contributed by atoms with E-state index >= 15 is 0 Å². The molecule has 0 aliphatic carbocycles. The third kappa shape index (κ3) is 4.30. The summed E-state index contributed by atoms with van der Waals surface area (Å²) in [7, 11) is 0. The average molecular weight is 592 g/mol. The molecule has 2 unspecified atom stereocenters. The van der Waals surface area contributed by atoms with Crippen LogP contribution in [0.3, 0.4) is 0 Å². The Morgan fingerprint density at radius 2 is 0.957 bits per heavy atom. The molecule has 6 aromatic carbocycles. The highest BCUT2D eigenvalue weighted by atomic mass is 16.5. The summed E-state index contributed by atoms with van der Waals surface area (Å²) in [4.78, 5) is 13.1. The molecule has 2 atom stereocenters. The fourth-order valence-corrected chi connectivity index (χ4v) is 7.09. The van der Waals surface area contributed by atoms with Crippen LogP contribution in [-0.2, 0) is 0 Å². The second kappa shape index (κ2) is 10.9. The minimum Gasteiger partial charge on any atom is -0.457 e. The molecule has 0 saturated carbocycles. The van der Waals surface area contributed by atoms with Crippen LogP contribution in [0.15, 0.2) is 164 Å². The lowest BCUT2D eigenvalue weighted by atomic mass is 9.84. The molecule has 0 fully saturated rings. The van der Waals surface area contributed by atoms with Crippen LogP contribution >= 0.6 is 0 Å². The number of benzene rings is 6. The minimum atomic E-state index is -0.144. The van der Waals surface area contributed by atoms with Crippen molar-refractivity contribution in [1.29, 1.82) is 0 Å². The summed E-state index contributed by atoms with van der Waals surface area (Å²) < 4.78 is 6.67. The van der Waals surface area contributed by atoms with E-state index in [0.717, 1.165) is 62.0 Å². The molecule has 2 aliphatic rings. The molecule has 0 N–H and O–H groups in total. The van der Waals surface area contributed by atoms with Gasteiger partial charge in [0.2, 0.25) is 5.95 Å². The standard InChI is InChI=1S/C42H29N3O/c1-4-15-28(16-5-1)31-23-14-24-34-39-32-21-10-12-25-37(32)46-38-26-13-11-22-33(38)41(39)45(40(31)34)42-43-35(29-17-6-2-7-18-29)27-36(44-42)30-19-8-3-9-20-30/h1-27,39,41H. The van der Waals surface area contributed by atoms with E-state index < -0.39 is 0 Å². The molecule has 4 nitrogen and oxygen atoms in total. The fraction of sp³-hybridized carbons (Fsp3) is 0.0476. The summed E-state index contributed by atoms with van der Waals surface area (Å²) in [6.45, 7) is 0. The Bertz CT molecular complexity index is 2140. The maximum absolute atomic E-state index is 6.67. The molecule has 0 amide bonds. The first-order valence-corrected chi connectivity index (χ1v) is 15.7. The Morgan fingerprint density at radius 1 is 0.457 bits per heavy atom. The predicted octanol–water partition coefficient (Wildman–Crippen LogP) is 10.6. The second-order valence-corrected chi connectivity index (χ2v) is 11.8. The van der Waals surface area contributed by atoms with Gasteiger partial charge in [-0.2, -0.15) is 0 Å². The second-order valence-electron chi connectivity index (χ2n) is 11.8. The first kappa shape index (κ1) is 26.4. The molecule has 0 bridgehead atoms. The number of fused-ring (bicyclic) bond motifs is 7. The maximum Gasteiger partial charge on any atom is 0.231 e. The third-order valence-electron chi connectivity index (χ3n) is 9.10. The molecule has 2 aliphatic heterocycles. The van der Waals surface area contributed by atoms with Crippen molar-refractivity contribution in [3.63, 3.8) is 0 Å². The number of aromatic nitrogens is 2. The number of anilines is 2. The summed E-state index contributed by atoms with van der Waals surface area (Å²) in [5.74, 6) is 2.38. The van der Waals surface area contributed by atoms with Gasteiger partial charge in [0, 0.05) is 33.7 Å². The number of hydrogen-bond acceptors (Lipinski definition) is 4. The molecule has 9 rings (SSSR count). The van der Waals surface area contributed by atoms with E-state index in [-0.39, 0.29) is 12.0 Å². The van der Waals surface area contributed by atoms with Crippen molar-refractivity contribution in [2.75, 3.05) is 4.90 Å². The van der Waals surface area contributed by atoms with Gasteiger partial charge in [-0.3, -0.25) is 0 Å². The lowest BCUT2D eigenvalue weighted by Gasteiger charge is -2.30. The molecule has 218 valence electrons. The summed E-state index contributed by atoms with van der Waals surface area (Å²) in [6.07, 6.45) is 0. The Hall–Kier alpha value is -6.00. The van der Waals surface area contributed by atoms with Gasteiger partial charge in [-0.1, -0.05) is 146 Å². The van der Waals surface area contributed by atoms with E-state index in [9.17, 15) is 0 Å². The van der Waals surface area contributed by atoms with Crippen molar-refractivity contribution in [2.45, 2.75) is 12.0 Å². The number of ether oxygens (including phenoxy) is 1. The number of nitrogens with zero attached hydrogens (tertiary/aromatic N) is 3. The monoisotopic (exact) mass is 591 g/mol. The van der Waals surface area contributed by atoms with Gasteiger partial charge < -0.3 is 9.64 Å². The van der Waals surface area contributed by atoms with E-state index in [0.29, 0.717) is 5.95 Å². The van der Waals surface area contributed by atoms with Gasteiger partial charge in [-0.15, -0.1) is 0 Å². The van der Waals surface area contributed by atoms with Gasteiger partial charge in [-0.25, -0.2) is 9.97 Å². The topological polar surface area (TPSA) is 38.2 Å². The molecular weight excluding hydrogens is 562 g/mol. The van der Waals surface area contributed by atoms with Crippen LogP contribution in [0.1, 0.15) is 28.7 Å². The highest BCUT2D eigenvalue weighted by Crippen LogP contribution is 2.61. The van der Waals surface area contributed by atoms with Crippen molar-refractivity contribution in [1.82, 2.24) is 9.97 Å². The van der Waals surface area contributed by atoms with Crippen LogP contribution in [0.4, 0.5) is 11.6 Å². The zero-order valence-corrected chi connectivity index (χ0v) is 25.0. The van der Waals surface area contributed by atoms with Gasteiger partial charge in [-0.05, 0) is 29.3 Å². The van der Waals surface area contributed by atoms with Crippen molar-refractivity contribution < 1.29 is 4.74 Å². The summed E-state index contributed by atoms with van der Waals surface area (Å²) in [5, 5.41) is 0. The Kier molecular flexibility index (Phi) is 6.24. The molecule has 46 heavy (non-hydrogen) atoms. The van der Waals surface area contributed by atoms with E-state index in [1.807, 2.05) is 24.3 Å². The lowest BCUT2D eigenvalue weighted by molar-refractivity contribution is 0.478. The molecular formula is C42H29N3O. The highest BCUT2D eigenvalue weighted by Gasteiger charge is 2.47. The SMILES string of the molecule is c1ccc(-c2cc(-c3ccccc3)nc(N3c4c(-c5ccccc5)cccc4C4c5ccccc5Oc5ccccc5C43)n2)cc1. The summed E-state index contributed by atoms with van der Waals surface area (Å²) in [6, 6.07) is 56.9. The molecule has 0 spiro atoms. The first-order valence-electron chi connectivity index (χ1n) is 15.7. The van der Waals surface area contributed by atoms with Gasteiger partial charge in [0.1, 0.15) is 11.5 Å². The van der Waals surface area contributed by atoms with Crippen molar-refractivity contribution >= 4 is 11.6 Å². The van der Waals surface area contributed by atoms with Crippen molar-refractivity contribution in [3.05, 3.63) is 180 Å². The van der Waals surface area contributed by atoms with Gasteiger partial charge in [0.25, 0.3) is 0 Å². The van der Waals surface area contributed by atoms with Gasteiger partial charge in [0.05, 0.1) is 23.1 Å². The zero-order valence-electron chi connectivity index (χ0n) is 25.0. The first-order chi connectivity index (χ1) is 22.8. The largest absolute Gasteiger partial charge is 0.457 e. The number of para-hydroxylation sites is 3. The third-order valence-corrected chi connectivity index (χ3v) is 9.10. The number of rotatable bonds is 4. The van der Waals surface area contributed by atoms with Crippen LogP contribution in [0, 0.1) is 0 Å². The smallest absolute Gasteiger partial charge is 0.231 e. The van der Waals surface area contributed by atoms with E-state index in [1.165, 1.54) is 5.56 Å². The van der Waals surface area contributed by atoms with Crippen LogP contribution in [-0.4, -0.2) is 9.97 Å². The summed E-state index contributed by atoms with van der Waals surface area (Å²) >= 11 is 0. The fourth-order valence-electron chi connectivity index (χ4n) is 7.09. The van der Waals surface area contributed by atoms with Gasteiger partial charge in [0.15, 0.2) is 0 Å². The maximum atomic E-state index is 6.67. The van der Waals surface area contributed by atoms with E-state index in [4.69, 9.17) is 14.7 Å². The van der Waals surface area contributed by atoms with Crippen molar-refractivity contribution in [2.24, 2.45) is 0 Å². The lowest BCUT2D eigenvalue weighted by Crippen LogP contribution is -2.25. The molecule has 4 heteroatoms. The molecule has 1 aromatic heterocycles. The zero-order chi connectivity index (χ0) is 30.5. The Morgan fingerprint density at radius 3 is 1.59 bits per heavy atom. The van der Waals surface area contributed by atoms with Crippen molar-refractivity contribution in [3.8, 4) is 45.1 Å². The van der Waals surface area contributed by atoms with Crippen LogP contribution in [0.5, 0.6) is 11.5 Å². The van der Waals surface area contributed by atoms with E-state index in [2.05, 4.69) is 144 Å². The molecule has 7 aromatic rings. The minimum absolute atomic E-state index is 0.0114. The molecule has 3 heterocycles.